The number of nitrogens with one attached hydrogen (secondary N) is 2. The lowest BCUT2D eigenvalue weighted by Crippen LogP contribution is -2.15. The molecular formula is C25H19N7O4S2. The summed E-state index contributed by atoms with van der Waals surface area (Å²) in [4.78, 5) is 16.8. The van der Waals surface area contributed by atoms with Crippen LogP contribution < -0.4 is 15.8 Å². The number of carbonyl (C=O) groups is 1. The van der Waals surface area contributed by atoms with Crippen molar-refractivity contribution in [2.45, 2.75) is 16.8 Å². The van der Waals surface area contributed by atoms with Crippen molar-refractivity contribution in [2.24, 2.45) is 0 Å². The number of nitrogen functional groups attached to an aromatic ring is 1. The molecule has 0 bridgehead atoms. The summed E-state index contributed by atoms with van der Waals surface area (Å²) in [5, 5.41) is 25.9. The summed E-state index contributed by atoms with van der Waals surface area (Å²) in [6.45, 7) is 1.64. The lowest BCUT2D eigenvalue weighted by Gasteiger charge is -2.13. The maximum Gasteiger partial charge on any atom is 0.263 e. The van der Waals surface area contributed by atoms with Crippen LogP contribution >= 0.6 is 11.8 Å². The van der Waals surface area contributed by atoms with Gasteiger partial charge in [0.1, 0.15) is 34.3 Å². The molecular weight excluding hydrogens is 526 g/mol. The van der Waals surface area contributed by atoms with Crippen LogP contribution in [0.5, 0.6) is 0 Å². The molecule has 13 heteroatoms. The number of carbonyl (C=O) groups excluding carboxylic acids is 1. The molecule has 2 heterocycles. The molecule has 0 aliphatic heterocycles. The van der Waals surface area contributed by atoms with Crippen molar-refractivity contribution >= 4 is 45.0 Å². The largest absolute Gasteiger partial charge is 0.383 e. The molecule has 11 nitrogen and oxygen atoms in total. The Hall–Kier alpha value is -4.85. The van der Waals surface area contributed by atoms with E-state index in [1.807, 2.05) is 12.1 Å². The van der Waals surface area contributed by atoms with E-state index in [4.69, 9.17) is 10.3 Å². The highest BCUT2D eigenvalue weighted by molar-refractivity contribution is 8.00. The minimum Gasteiger partial charge on any atom is -0.383 e. The van der Waals surface area contributed by atoms with E-state index in [2.05, 4.69) is 26.2 Å². The topological polar surface area (TPSA) is 188 Å². The molecule has 4 aromatic rings. The number of rotatable bonds is 8. The third-order valence-corrected chi connectivity index (χ3v) is 7.48. The van der Waals surface area contributed by atoms with Gasteiger partial charge in [-0.05, 0) is 36.8 Å². The van der Waals surface area contributed by atoms with Gasteiger partial charge >= 0.3 is 0 Å². The zero-order chi connectivity index (χ0) is 27.3. The molecule has 0 fully saturated rings. The first kappa shape index (κ1) is 26.2. The first-order valence-electron chi connectivity index (χ1n) is 10.9. The highest BCUT2D eigenvalue weighted by Crippen LogP contribution is 2.35. The van der Waals surface area contributed by atoms with Gasteiger partial charge < -0.3 is 15.6 Å². The Kier molecular flexibility index (Phi) is 7.62. The summed E-state index contributed by atoms with van der Waals surface area (Å²) in [6, 6.07) is 20.0. The molecule has 0 atom stereocenters. The monoisotopic (exact) mass is 545 g/mol. The Morgan fingerprint density at radius 2 is 1.76 bits per heavy atom. The Bertz CT molecular complexity index is 1690. The van der Waals surface area contributed by atoms with E-state index in [1.165, 1.54) is 30.3 Å². The maximum absolute atomic E-state index is 12.6. The number of sulfonamides is 1. The molecule has 0 spiro atoms. The van der Waals surface area contributed by atoms with Crippen LogP contribution in [0.25, 0.3) is 11.1 Å². The molecule has 1 amide bonds. The van der Waals surface area contributed by atoms with Gasteiger partial charge in [-0.25, -0.2) is 13.4 Å². The van der Waals surface area contributed by atoms with E-state index >= 15 is 0 Å². The Morgan fingerprint density at radius 1 is 1.08 bits per heavy atom. The molecule has 0 radical (unpaired) electrons. The fourth-order valence-corrected chi connectivity index (χ4v) is 5.23. The third-order valence-electron chi connectivity index (χ3n) is 5.13. The van der Waals surface area contributed by atoms with Crippen LogP contribution in [0.15, 0.2) is 75.1 Å². The summed E-state index contributed by atoms with van der Waals surface area (Å²) in [5.74, 6) is -0.0677. The predicted molar refractivity (Wildman–Crippen MR) is 141 cm³/mol. The number of nitrogens with two attached hydrogens (primary N) is 1. The first-order valence-corrected chi connectivity index (χ1v) is 13.4. The van der Waals surface area contributed by atoms with E-state index in [-0.39, 0.29) is 38.4 Å². The molecule has 0 unspecified atom stereocenters. The van der Waals surface area contributed by atoms with Crippen LogP contribution in [0.1, 0.15) is 16.9 Å². The average Bonchev–Trinajstić information content (AvgIpc) is 3.31. The van der Waals surface area contributed by atoms with Gasteiger partial charge in [-0.1, -0.05) is 47.3 Å². The SMILES string of the molecule is Cc1cc(NS(=O)(=O)c2ccc(NC(=O)CSc3nc(N)c(C#N)c(-c4ccccc4)c3C#N)cc2)no1. The number of hydrogen-bond acceptors (Lipinski definition) is 10. The summed E-state index contributed by atoms with van der Waals surface area (Å²) in [6.07, 6.45) is 0. The number of aryl methyl sites for hydroxylation is 1. The highest BCUT2D eigenvalue weighted by atomic mass is 32.2. The number of thioether (sulfide) groups is 1. The second-order valence-corrected chi connectivity index (χ2v) is 10.5. The maximum atomic E-state index is 12.6. The van der Waals surface area contributed by atoms with E-state index in [1.54, 1.807) is 31.2 Å². The molecule has 0 aliphatic rings. The number of hydrogen-bond donors (Lipinski definition) is 3. The molecule has 2 aromatic heterocycles. The number of nitriles is 2. The summed E-state index contributed by atoms with van der Waals surface area (Å²) in [5.41, 5.74) is 7.59. The summed E-state index contributed by atoms with van der Waals surface area (Å²) >= 11 is 0.995. The van der Waals surface area contributed by atoms with Gasteiger partial charge in [-0.15, -0.1) is 0 Å². The van der Waals surface area contributed by atoms with Gasteiger partial charge in [0.25, 0.3) is 10.0 Å². The lowest BCUT2D eigenvalue weighted by atomic mass is 9.97. The Labute approximate surface area is 222 Å². The Balaban J connectivity index is 1.47. The Morgan fingerprint density at radius 3 is 2.37 bits per heavy atom. The van der Waals surface area contributed by atoms with Crippen LogP contribution in [0.3, 0.4) is 0 Å². The zero-order valence-corrected chi connectivity index (χ0v) is 21.4. The van der Waals surface area contributed by atoms with Gasteiger partial charge in [-0.3, -0.25) is 9.52 Å². The van der Waals surface area contributed by atoms with Crippen LogP contribution in [0, 0.1) is 29.6 Å². The molecule has 4 rings (SSSR count). The van der Waals surface area contributed by atoms with Gasteiger partial charge in [0.2, 0.25) is 5.91 Å². The van der Waals surface area contributed by atoms with Crippen molar-refractivity contribution in [3.63, 3.8) is 0 Å². The third kappa shape index (κ3) is 5.75. The molecule has 0 saturated carbocycles. The van der Waals surface area contributed by atoms with Crippen LogP contribution in [-0.2, 0) is 14.8 Å². The summed E-state index contributed by atoms with van der Waals surface area (Å²) < 4.78 is 32.2. The minimum atomic E-state index is -3.90. The molecule has 2 aromatic carbocycles. The van der Waals surface area contributed by atoms with E-state index < -0.39 is 15.9 Å². The van der Waals surface area contributed by atoms with E-state index in [9.17, 15) is 23.7 Å². The van der Waals surface area contributed by atoms with Gasteiger partial charge in [0, 0.05) is 17.3 Å². The summed E-state index contributed by atoms with van der Waals surface area (Å²) in [7, 11) is -3.90. The van der Waals surface area contributed by atoms with Crippen molar-refractivity contribution in [1.29, 1.82) is 10.5 Å². The molecule has 190 valence electrons. The molecule has 0 saturated heterocycles. The van der Waals surface area contributed by atoms with E-state index in [0.717, 1.165) is 11.8 Å². The van der Waals surface area contributed by atoms with Gasteiger partial charge in [0.15, 0.2) is 5.82 Å². The fraction of sp³-hybridized carbons (Fsp3) is 0.0800. The van der Waals surface area contributed by atoms with Crippen LogP contribution in [-0.4, -0.2) is 30.2 Å². The predicted octanol–water partition coefficient (Wildman–Crippen LogP) is 3.90. The first-order chi connectivity index (χ1) is 18.2. The number of benzene rings is 2. The molecule has 38 heavy (non-hydrogen) atoms. The molecule has 0 aliphatic carbocycles. The van der Waals surface area contributed by atoms with E-state index in [0.29, 0.717) is 22.6 Å². The quantitative estimate of drug-likeness (QED) is 0.274. The average molecular weight is 546 g/mol. The zero-order valence-electron chi connectivity index (χ0n) is 19.8. The second-order valence-electron chi connectivity index (χ2n) is 7.81. The van der Waals surface area contributed by atoms with Crippen molar-refractivity contribution in [3.05, 3.63) is 77.6 Å². The van der Waals surface area contributed by atoms with Crippen molar-refractivity contribution in [3.8, 4) is 23.3 Å². The second kappa shape index (κ2) is 11.0. The number of aromatic nitrogens is 2. The van der Waals surface area contributed by atoms with Crippen LogP contribution in [0.4, 0.5) is 17.3 Å². The number of anilines is 3. The van der Waals surface area contributed by atoms with Gasteiger partial charge in [0.05, 0.1) is 16.2 Å². The van der Waals surface area contributed by atoms with Crippen molar-refractivity contribution in [1.82, 2.24) is 10.1 Å². The smallest absolute Gasteiger partial charge is 0.263 e. The lowest BCUT2D eigenvalue weighted by molar-refractivity contribution is -0.113. The van der Waals surface area contributed by atoms with Gasteiger partial charge in [-0.2, -0.15) is 10.5 Å². The standard InChI is InChI=1S/C25H19N7O4S2/c1-15-11-21(31-36-15)32-38(34,35)18-9-7-17(8-10-18)29-22(33)14-37-25-20(13-27)23(16-5-3-2-4-6-16)19(12-26)24(28)30-25/h2-11H,14H2,1H3,(H2,28,30)(H,29,33)(H,31,32). The minimum absolute atomic E-state index is 0.0325. The normalized spacial score (nSPS) is 10.8. The number of pyridine rings is 1. The molecule has 4 N–H and O–H groups in total. The fourth-order valence-electron chi connectivity index (χ4n) is 3.46. The number of nitrogens with zero attached hydrogens (tertiary/aromatic N) is 4. The number of amides is 1. The van der Waals surface area contributed by atoms with Crippen LogP contribution in [0.2, 0.25) is 0 Å². The van der Waals surface area contributed by atoms with Crippen molar-refractivity contribution < 1.29 is 17.7 Å². The van der Waals surface area contributed by atoms with Crippen molar-refractivity contribution in [2.75, 3.05) is 21.5 Å². The highest BCUT2D eigenvalue weighted by Gasteiger charge is 2.21.